The fourth-order valence-corrected chi connectivity index (χ4v) is 2.08. The minimum atomic E-state index is -0.545. The third-order valence-electron chi connectivity index (χ3n) is 3.28. The van der Waals surface area contributed by atoms with E-state index in [-0.39, 0.29) is 17.0 Å². The summed E-state index contributed by atoms with van der Waals surface area (Å²) in [5.41, 5.74) is 1.11. The number of carbonyl (C=O) groups is 1. The molecule has 25 heavy (non-hydrogen) atoms. The van der Waals surface area contributed by atoms with Crippen molar-refractivity contribution in [3.8, 4) is 6.07 Å². The number of para-hydroxylation sites is 1. The molecule has 3 aromatic carbocycles. The molecule has 5 nitrogen and oxygen atoms in total. The van der Waals surface area contributed by atoms with Crippen LogP contribution in [0.1, 0.15) is 21.5 Å². The van der Waals surface area contributed by atoms with Crippen LogP contribution in [-0.2, 0) is 0 Å². The summed E-state index contributed by atoms with van der Waals surface area (Å²) in [6.45, 7) is 0. The smallest absolute Gasteiger partial charge is 0.280 e. The van der Waals surface area contributed by atoms with E-state index in [1.54, 1.807) is 54.6 Å². The van der Waals surface area contributed by atoms with Gasteiger partial charge in [-0.2, -0.15) is 5.26 Å². The SMILES string of the molecule is N#Cc1ccccc1.O=C(c1ccccc1)c1ccccc1[N+](=O)[O-]. The maximum Gasteiger partial charge on any atom is 0.280 e. The van der Waals surface area contributed by atoms with Gasteiger partial charge in [-0.05, 0) is 18.2 Å². The van der Waals surface area contributed by atoms with Crippen molar-refractivity contribution >= 4 is 11.5 Å². The number of nitro benzene ring substituents is 1. The quantitative estimate of drug-likeness (QED) is 0.405. The first-order chi connectivity index (χ1) is 12.1. The summed E-state index contributed by atoms with van der Waals surface area (Å²) in [7, 11) is 0. The number of carbonyl (C=O) groups excluding carboxylic acids is 1. The number of hydrogen-bond acceptors (Lipinski definition) is 4. The van der Waals surface area contributed by atoms with Crippen LogP contribution >= 0.6 is 0 Å². The van der Waals surface area contributed by atoms with Crippen molar-refractivity contribution in [2.24, 2.45) is 0 Å². The zero-order chi connectivity index (χ0) is 18.1. The Hall–Kier alpha value is -3.78. The van der Waals surface area contributed by atoms with E-state index in [1.165, 1.54) is 12.1 Å². The minimum Gasteiger partial charge on any atom is -0.288 e. The normalized spacial score (nSPS) is 9.24. The first kappa shape index (κ1) is 17.6. The van der Waals surface area contributed by atoms with Gasteiger partial charge in [0.25, 0.3) is 5.69 Å². The van der Waals surface area contributed by atoms with E-state index >= 15 is 0 Å². The van der Waals surface area contributed by atoms with Gasteiger partial charge >= 0.3 is 0 Å². The highest BCUT2D eigenvalue weighted by Gasteiger charge is 2.19. The fraction of sp³-hybridized carbons (Fsp3) is 0. The Morgan fingerprint density at radius 2 is 1.36 bits per heavy atom. The van der Waals surface area contributed by atoms with Gasteiger partial charge in [0.05, 0.1) is 16.6 Å². The van der Waals surface area contributed by atoms with E-state index in [4.69, 9.17) is 5.26 Å². The molecule has 0 saturated carbocycles. The van der Waals surface area contributed by atoms with Gasteiger partial charge in [-0.1, -0.05) is 60.7 Å². The minimum absolute atomic E-state index is 0.115. The maximum atomic E-state index is 12.1. The van der Waals surface area contributed by atoms with Crippen molar-refractivity contribution in [1.82, 2.24) is 0 Å². The molecule has 0 aliphatic carbocycles. The maximum absolute atomic E-state index is 12.1. The van der Waals surface area contributed by atoms with Gasteiger partial charge in [-0.15, -0.1) is 0 Å². The van der Waals surface area contributed by atoms with Crippen LogP contribution in [0, 0.1) is 21.4 Å². The highest BCUT2D eigenvalue weighted by Crippen LogP contribution is 2.20. The number of benzene rings is 3. The highest BCUT2D eigenvalue weighted by molar-refractivity contribution is 6.11. The molecular weight excluding hydrogens is 316 g/mol. The van der Waals surface area contributed by atoms with Gasteiger partial charge < -0.3 is 0 Å². The average molecular weight is 330 g/mol. The summed E-state index contributed by atoms with van der Waals surface area (Å²) in [6, 6.07) is 25.6. The molecule has 3 rings (SSSR count). The van der Waals surface area contributed by atoms with E-state index in [1.807, 2.05) is 24.3 Å². The van der Waals surface area contributed by atoms with Crippen molar-refractivity contribution < 1.29 is 9.72 Å². The monoisotopic (exact) mass is 330 g/mol. The van der Waals surface area contributed by atoms with E-state index in [9.17, 15) is 14.9 Å². The Labute approximate surface area is 144 Å². The number of nitriles is 1. The van der Waals surface area contributed by atoms with Gasteiger partial charge in [-0.25, -0.2) is 0 Å². The summed E-state index contributed by atoms with van der Waals surface area (Å²) in [4.78, 5) is 22.3. The van der Waals surface area contributed by atoms with Gasteiger partial charge in [0.2, 0.25) is 0 Å². The Morgan fingerprint density at radius 1 is 0.840 bits per heavy atom. The van der Waals surface area contributed by atoms with Crippen LogP contribution in [0.5, 0.6) is 0 Å². The lowest BCUT2D eigenvalue weighted by atomic mass is 10.0. The second-order valence-electron chi connectivity index (χ2n) is 4.95. The molecular formula is C20H14N2O3. The van der Waals surface area contributed by atoms with Crippen LogP contribution in [0.4, 0.5) is 5.69 Å². The van der Waals surface area contributed by atoms with Gasteiger partial charge in [0.15, 0.2) is 5.78 Å². The number of rotatable bonds is 3. The molecule has 0 aliphatic rings. The lowest BCUT2D eigenvalue weighted by molar-refractivity contribution is -0.385. The van der Waals surface area contributed by atoms with Crippen molar-refractivity contribution in [2.45, 2.75) is 0 Å². The molecule has 0 saturated heterocycles. The second kappa shape index (κ2) is 8.75. The summed E-state index contributed by atoms with van der Waals surface area (Å²) >= 11 is 0. The molecule has 0 spiro atoms. The topological polar surface area (TPSA) is 84.0 Å². The second-order valence-corrected chi connectivity index (χ2v) is 4.95. The lowest BCUT2D eigenvalue weighted by Crippen LogP contribution is -2.04. The first-order valence-corrected chi connectivity index (χ1v) is 7.42. The number of ketones is 1. The summed E-state index contributed by atoms with van der Waals surface area (Å²) < 4.78 is 0. The van der Waals surface area contributed by atoms with E-state index < -0.39 is 4.92 Å². The van der Waals surface area contributed by atoms with Crippen molar-refractivity contribution in [2.75, 3.05) is 0 Å². The van der Waals surface area contributed by atoms with E-state index in [0.29, 0.717) is 11.1 Å². The van der Waals surface area contributed by atoms with E-state index in [2.05, 4.69) is 0 Å². The first-order valence-electron chi connectivity index (χ1n) is 7.42. The third kappa shape index (κ3) is 4.85. The summed E-state index contributed by atoms with van der Waals surface area (Å²) in [5, 5.41) is 19.1. The Kier molecular flexibility index (Phi) is 6.15. The molecule has 0 amide bonds. The molecule has 0 heterocycles. The molecule has 0 radical (unpaired) electrons. The summed E-state index contributed by atoms with van der Waals surface area (Å²) in [6.07, 6.45) is 0. The molecule has 122 valence electrons. The zero-order valence-electron chi connectivity index (χ0n) is 13.2. The molecule has 0 fully saturated rings. The highest BCUT2D eigenvalue weighted by atomic mass is 16.6. The number of nitrogens with zero attached hydrogens (tertiary/aromatic N) is 2. The van der Waals surface area contributed by atoms with Crippen molar-refractivity contribution in [3.63, 3.8) is 0 Å². The number of hydrogen-bond donors (Lipinski definition) is 0. The van der Waals surface area contributed by atoms with Crippen LogP contribution in [0.2, 0.25) is 0 Å². The molecule has 0 bridgehead atoms. The van der Waals surface area contributed by atoms with Crippen LogP contribution in [0.15, 0.2) is 84.9 Å². The van der Waals surface area contributed by atoms with Crippen molar-refractivity contribution in [1.29, 1.82) is 5.26 Å². The lowest BCUT2D eigenvalue weighted by Gasteiger charge is -2.01. The summed E-state index contributed by atoms with van der Waals surface area (Å²) in [5.74, 6) is -0.335. The van der Waals surface area contributed by atoms with Crippen LogP contribution in [-0.4, -0.2) is 10.7 Å². The zero-order valence-corrected chi connectivity index (χ0v) is 13.2. The van der Waals surface area contributed by atoms with E-state index in [0.717, 1.165) is 0 Å². The van der Waals surface area contributed by atoms with Gasteiger partial charge in [0, 0.05) is 11.6 Å². The standard InChI is InChI=1S/C13H9NO3.C7H5N/c15-13(10-6-2-1-3-7-10)11-8-4-5-9-12(11)14(16)17;8-6-7-4-2-1-3-5-7/h1-9H;1-5H. The molecule has 0 N–H and O–H groups in total. The Morgan fingerprint density at radius 3 is 1.88 bits per heavy atom. The van der Waals surface area contributed by atoms with Crippen LogP contribution in [0.3, 0.4) is 0 Å². The van der Waals surface area contributed by atoms with Crippen LogP contribution in [0.25, 0.3) is 0 Å². The average Bonchev–Trinajstić information content (AvgIpc) is 2.69. The predicted octanol–water partition coefficient (Wildman–Crippen LogP) is 4.38. The van der Waals surface area contributed by atoms with Gasteiger partial charge in [-0.3, -0.25) is 14.9 Å². The van der Waals surface area contributed by atoms with Crippen molar-refractivity contribution in [3.05, 3.63) is 112 Å². The predicted molar refractivity (Wildman–Crippen MR) is 94.1 cm³/mol. The molecule has 0 aliphatic heterocycles. The van der Waals surface area contributed by atoms with Gasteiger partial charge in [0.1, 0.15) is 5.56 Å². The molecule has 5 heteroatoms. The molecule has 3 aromatic rings. The molecule has 0 unspecified atom stereocenters. The third-order valence-corrected chi connectivity index (χ3v) is 3.28. The molecule has 0 aromatic heterocycles. The fourth-order valence-electron chi connectivity index (χ4n) is 2.08. The Balaban J connectivity index is 0.000000236. The number of nitro groups is 1. The van der Waals surface area contributed by atoms with Crippen LogP contribution < -0.4 is 0 Å². The Bertz CT molecular complexity index is 901. The largest absolute Gasteiger partial charge is 0.288 e. The molecule has 0 atom stereocenters.